The molecule has 1 aliphatic rings. The Labute approximate surface area is 135 Å². The number of carbonyl (C=O) groups is 1. The maximum absolute atomic E-state index is 12.4. The van der Waals surface area contributed by atoms with Crippen molar-refractivity contribution in [3.05, 3.63) is 30.0 Å². The summed E-state index contributed by atoms with van der Waals surface area (Å²) in [5, 5.41) is 5.62. The number of aromatic nitrogens is 2. The van der Waals surface area contributed by atoms with Crippen molar-refractivity contribution >= 4 is 16.8 Å². The molecule has 1 fully saturated rings. The van der Waals surface area contributed by atoms with E-state index in [0.717, 1.165) is 49.1 Å². The van der Waals surface area contributed by atoms with Crippen LogP contribution in [0.1, 0.15) is 18.5 Å². The van der Waals surface area contributed by atoms with E-state index in [1.54, 1.807) is 0 Å². The van der Waals surface area contributed by atoms with Crippen LogP contribution in [-0.4, -0.2) is 46.9 Å². The van der Waals surface area contributed by atoms with E-state index in [1.165, 1.54) is 0 Å². The largest absolute Gasteiger partial charge is 0.369 e. The number of rotatable bonds is 6. The molecule has 1 aliphatic heterocycles. The van der Waals surface area contributed by atoms with E-state index in [2.05, 4.69) is 10.00 Å². The summed E-state index contributed by atoms with van der Waals surface area (Å²) in [5.74, 6) is 0.176. The molecule has 3 rings (SSSR count). The van der Waals surface area contributed by atoms with Crippen LogP contribution in [-0.2, 0) is 17.8 Å². The fourth-order valence-electron chi connectivity index (χ4n) is 3.39. The van der Waals surface area contributed by atoms with Crippen molar-refractivity contribution in [3.63, 3.8) is 0 Å². The topological polar surface area (TPSA) is 64.2 Å². The fraction of sp³-hybridized carbons (Fsp3) is 0.529. The Balaban J connectivity index is 1.74. The zero-order valence-corrected chi connectivity index (χ0v) is 13.2. The van der Waals surface area contributed by atoms with Gasteiger partial charge in [-0.25, -0.2) is 4.39 Å². The van der Waals surface area contributed by atoms with Crippen LogP contribution >= 0.6 is 0 Å². The molecule has 2 heterocycles. The quantitative estimate of drug-likeness (QED) is 0.882. The maximum Gasteiger partial charge on any atom is 0.223 e. The summed E-state index contributed by atoms with van der Waals surface area (Å²) in [5.41, 5.74) is 7.13. The van der Waals surface area contributed by atoms with Gasteiger partial charge in [-0.05, 0) is 37.9 Å². The molecule has 2 N–H and O–H groups in total. The smallest absolute Gasteiger partial charge is 0.223 e. The van der Waals surface area contributed by atoms with E-state index >= 15 is 0 Å². The van der Waals surface area contributed by atoms with Crippen LogP contribution in [0.15, 0.2) is 24.3 Å². The molecule has 6 heteroatoms. The highest BCUT2D eigenvalue weighted by Crippen LogP contribution is 2.23. The predicted molar refractivity (Wildman–Crippen MR) is 87.8 cm³/mol. The minimum absolute atomic E-state index is 0.169. The third kappa shape index (κ3) is 3.69. The number of hydrogen-bond acceptors (Lipinski definition) is 3. The van der Waals surface area contributed by atoms with Crippen molar-refractivity contribution in [1.29, 1.82) is 0 Å². The molecule has 0 saturated carbocycles. The van der Waals surface area contributed by atoms with Crippen LogP contribution in [0, 0.1) is 5.92 Å². The SMILES string of the molecule is NC(=O)Cc1nn(CC2CCN(CCF)CC2)c2ccccc12. The first kappa shape index (κ1) is 15.9. The molecule has 1 aromatic heterocycles. The lowest BCUT2D eigenvalue weighted by atomic mass is 9.97. The molecular formula is C17H23FN4O. The molecule has 5 nitrogen and oxygen atoms in total. The molecule has 0 radical (unpaired) electrons. The molecule has 23 heavy (non-hydrogen) atoms. The lowest BCUT2D eigenvalue weighted by Gasteiger charge is -2.31. The second-order valence-corrected chi connectivity index (χ2v) is 6.26. The summed E-state index contributed by atoms with van der Waals surface area (Å²) in [6.45, 7) is 3.00. The van der Waals surface area contributed by atoms with Gasteiger partial charge in [0.25, 0.3) is 0 Å². The molecule has 0 aliphatic carbocycles. The first-order valence-corrected chi connectivity index (χ1v) is 8.18. The van der Waals surface area contributed by atoms with E-state index in [1.807, 2.05) is 28.9 Å². The number of alkyl halides is 1. The molecule has 0 unspecified atom stereocenters. The minimum atomic E-state index is -0.361. The number of fused-ring (bicyclic) bond motifs is 1. The number of amides is 1. The van der Waals surface area contributed by atoms with E-state index in [0.29, 0.717) is 12.5 Å². The normalized spacial score (nSPS) is 16.9. The summed E-state index contributed by atoms with van der Waals surface area (Å²) < 4.78 is 14.4. The summed E-state index contributed by atoms with van der Waals surface area (Å²) >= 11 is 0. The zero-order valence-electron chi connectivity index (χ0n) is 13.2. The van der Waals surface area contributed by atoms with Gasteiger partial charge in [-0.2, -0.15) is 5.10 Å². The number of carbonyl (C=O) groups excluding carboxylic acids is 1. The van der Waals surface area contributed by atoms with Crippen LogP contribution in [0.3, 0.4) is 0 Å². The van der Waals surface area contributed by atoms with Gasteiger partial charge in [0.15, 0.2) is 0 Å². The number of halogens is 1. The molecule has 0 bridgehead atoms. The lowest BCUT2D eigenvalue weighted by molar-refractivity contribution is -0.117. The lowest BCUT2D eigenvalue weighted by Crippen LogP contribution is -2.36. The second kappa shape index (κ2) is 7.08. The Morgan fingerprint density at radius 1 is 1.30 bits per heavy atom. The van der Waals surface area contributed by atoms with Crippen molar-refractivity contribution in [1.82, 2.24) is 14.7 Å². The van der Waals surface area contributed by atoms with Crippen LogP contribution in [0.25, 0.3) is 10.9 Å². The number of nitrogens with zero attached hydrogens (tertiary/aromatic N) is 3. The Hall–Kier alpha value is -1.95. The highest BCUT2D eigenvalue weighted by molar-refractivity contribution is 5.87. The third-order valence-corrected chi connectivity index (χ3v) is 4.62. The van der Waals surface area contributed by atoms with E-state index in [-0.39, 0.29) is 19.0 Å². The van der Waals surface area contributed by atoms with Crippen molar-refractivity contribution in [2.24, 2.45) is 11.7 Å². The molecule has 1 amide bonds. The van der Waals surface area contributed by atoms with Crippen LogP contribution in [0.2, 0.25) is 0 Å². The van der Waals surface area contributed by atoms with Crippen LogP contribution < -0.4 is 5.73 Å². The predicted octanol–water partition coefficient (Wildman–Crippen LogP) is 1.75. The summed E-state index contributed by atoms with van der Waals surface area (Å²) in [6, 6.07) is 7.96. The average molecular weight is 318 g/mol. The second-order valence-electron chi connectivity index (χ2n) is 6.26. The first-order valence-electron chi connectivity index (χ1n) is 8.18. The number of para-hydroxylation sites is 1. The number of hydrogen-bond donors (Lipinski definition) is 1. The van der Waals surface area contributed by atoms with Gasteiger partial charge < -0.3 is 10.6 Å². The van der Waals surface area contributed by atoms with E-state index in [9.17, 15) is 9.18 Å². The summed E-state index contributed by atoms with van der Waals surface area (Å²) in [6.07, 6.45) is 2.28. The molecule has 0 spiro atoms. The van der Waals surface area contributed by atoms with Gasteiger partial charge in [-0.15, -0.1) is 0 Å². The molecule has 0 atom stereocenters. The van der Waals surface area contributed by atoms with Gasteiger partial charge in [0, 0.05) is 18.5 Å². The molecule has 124 valence electrons. The van der Waals surface area contributed by atoms with Crippen molar-refractivity contribution in [3.8, 4) is 0 Å². The minimum Gasteiger partial charge on any atom is -0.369 e. The number of primary amides is 1. The highest BCUT2D eigenvalue weighted by atomic mass is 19.1. The molecule has 1 saturated heterocycles. The van der Waals surface area contributed by atoms with Gasteiger partial charge in [0.1, 0.15) is 6.67 Å². The highest BCUT2D eigenvalue weighted by Gasteiger charge is 2.21. The average Bonchev–Trinajstić information content (AvgIpc) is 2.87. The monoisotopic (exact) mass is 318 g/mol. The van der Waals surface area contributed by atoms with Gasteiger partial charge in [0.2, 0.25) is 5.91 Å². The van der Waals surface area contributed by atoms with Crippen molar-refractivity contribution in [2.45, 2.75) is 25.8 Å². The van der Waals surface area contributed by atoms with Crippen molar-refractivity contribution in [2.75, 3.05) is 26.3 Å². The first-order chi connectivity index (χ1) is 11.2. The fourth-order valence-corrected chi connectivity index (χ4v) is 3.39. The Morgan fingerprint density at radius 3 is 2.74 bits per heavy atom. The third-order valence-electron chi connectivity index (χ3n) is 4.62. The molecule has 1 aromatic carbocycles. The van der Waals surface area contributed by atoms with Crippen LogP contribution in [0.4, 0.5) is 4.39 Å². The zero-order chi connectivity index (χ0) is 16.2. The van der Waals surface area contributed by atoms with Gasteiger partial charge in [-0.1, -0.05) is 18.2 Å². The molecular weight excluding hydrogens is 295 g/mol. The van der Waals surface area contributed by atoms with Crippen LogP contribution in [0.5, 0.6) is 0 Å². The Bertz CT molecular complexity index is 676. The maximum atomic E-state index is 12.4. The number of nitrogens with two attached hydrogens (primary N) is 1. The number of piperidine rings is 1. The number of benzene rings is 1. The van der Waals surface area contributed by atoms with E-state index < -0.39 is 0 Å². The number of likely N-dealkylation sites (tertiary alicyclic amines) is 1. The Kier molecular flexibility index (Phi) is 4.91. The van der Waals surface area contributed by atoms with Gasteiger partial charge >= 0.3 is 0 Å². The van der Waals surface area contributed by atoms with Crippen molar-refractivity contribution < 1.29 is 9.18 Å². The Morgan fingerprint density at radius 2 is 2.04 bits per heavy atom. The molecule has 2 aromatic rings. The van der Waals surface area contributed by atoms with Gasteiger partial charge in [-0.3, -0.25) is 9.48 Å². The van der Waals surface area contributed by atoms with Gasteiger partial charge in [0.05, 0.1) is 17.6 Å². The summed E-state index contributed by atoms with van der Waals surface area (Å²) in [4.78, 5) is 13.4. The summed E-state index contributed by atoms with van der Waals surface area (Å²) in [7, 11) is 0. The van der Waals surface area contributed by atoms with E-state index in [4.69, 9.17) is 5.73 Å². The standard InChI is InChI=1S/C17H23FN4O/c18-7-10-21-8-5-13(6-9-21)12-22-16-4-2-1-3-14(16)15(20-22)11-17(19)23/h1-4,13H,5-12H2,(H2,19,23).